The lowest BCUT2D eigenvalue weighted by Crippen LogP contribution is -1.98. The van der Waals surface area contributed by atoms with Gasteiger partial charge in [0, 0.05) is 12.3 Å². The van der Waals surface area contributed by atoms with Crippen LogP contribution in [0.2, 0.25) is 0 Å². The Balaban J connectivity index is 1.96. The van der Waals surface area contributed by atoms with Gasteiger partial charge in [-0.2, -0.15) is 0 Å². The Bertz CT molecular complexity index is 1240. The molecule has 0 aromatic heterocycles. The van der Waals surface area contributed by atoms with Crippen LogP contribution in [0.3, 0.4) is 0 Å². The van der Waals surface area contributed by atoms with Gasteiger partial charge < -0.3 is 9.47 Å². The topological polar surface area (TPSA) is 117 Å². The zero-order valence-corrected chi connectivity index (χ0v) is 19.0. The minimum absolute atomic E-state index is 0.156. The van der Waals surface area contributed by atoms with Crippen molar-refractivity contribution < 1.29 is 19.3 Å². The SMILES string of the molecule is COc1cc(C=Nc2ccc(C)cc2C)cc(Br)c1Oc1ccc([N+](=O)[O-])cc1[N+](=O)[O-]. The average molecular weight is 500 g/mol. The third-order valence-electron chi connectivity index (χ3n) is 4.52. The lowest BCUT2D eigenvalue weighted by Gasteiger charge is -2.13. The molecule has 0 saturated heterocycles. The highest BCUT2D eigenvalue weighted by Crippen LogP contribution is 2.42. The van der Waals surface area contributed by atoms with Crippen LogP contribution in [-0.2, 0) is 0 Å². The van der Waals surface area contributed by atoms with Gasteiger partial charge in [0.1, 0.15) is 0 Å². The van der Waals surface area contributed by atoms with E-state index in [1.165, 1.54) is 13.2 Å². The van der Waals surface area contributed by atoms with Crippen molar-refractivity contribution >= 4 is 39.2 Å². The fourth-order valence-corrected chi connectivity index (χ4v) is 3.51. The zero-order valence-electron chi connectivity index (χ0n) is 17.4. The van der Waals surface area contributed by atoms with Crippen LogP contribution < -0.4 is 9.47 Å². The second kappa shape index (κ2) is 9.56. The van der Waals surface area contributed by atoms with Crippen molar-refractivity contribution in [3.63, 3.8) is 0 Å². The summed E-state index contributed by atoms with van der Waals surface area (Å²) in [5.74, 6) is 0.332. The van der Waals surface area contributed by atoms with E-state index in [0.717, 1.165) is 28.9 Å². The maximum atomic E-state index is 11.4. The van der Waals surface area contributed by atoms with Crippen LogP contribution in [0, 0.1) is 34.1 Å². The fraction of sp³-hybridized carbons (Fsp3) is 0.136. The summed E-state index contributed by atoms with van der Waals surface area (Å²) in [5.41, 5.74) is 2.78. The third kappa shape index (κ3) is 5.09. The van der Waals surface area contributed by atoms with Crippen molar-refractivity contribution in [3.05, 3.63) is 89.9 Å². The average Bonchev–Trinajstić information content (AvgIpc) is 2.74. The molecule has 0 heterocycles. The number of aryl methyl sites for hydroxylation is 2. The fourth-order valence-electron chi connectivity index (χ4n) is 2.97. The molecule has 0 amide bonds. The summed E-state index contributed by atoms with van der Waals surface area (Å²) >= 11 is 3.40. The van der Waals surface area contributed by atoms with Crippen molar-refractivity contribution in [2.24, 2.45) is 4.99 Å². The maximum Gasteiger partial charge on any atom is 0.318 e. The van der Waals surface area contributed by atoms with E-state index in [0.29, 0.717) is 15.8 Å². The van der Waals surface area contributed by atoms with Gasteiger partial charge in [0.25, 0.3) is 5.69 Å². The summed E-state index contributed by atoms with van der Waals surface area (Å²) in [6, 6.07) is 12.5. The van der Waals surface area contributed by atoms with Gasteiger partial charge in [0.2, 0.25) is 5.75 Å². The third-order valence-corrected chi connectivity index (χ3v) is 5.11. The molecule has 0 aliphatic heterocycles. The van der Waals surface area contributed by atoms with Gasteiger partial charge in [-0.1, -0.05) is 17.7 Å². The van der Waals surface area contributed by atoms with Gasteiger partial charge in [0.15, 0.2) is 11.5 Å². The summed E-state index contributed by atoms with van der Waals surface area (Å²) in [4.78, 5) is 25.4. The molecular formula is C22H18BrN3O6. The summed E-state index contributed by atoms with van der Waals surface area (Å²) in [6.07, 6.45) is 1.67. The molecule has 3 rings (SSSR count). The number of rotatable bonds is 7. The number of methoxy groups -OCH3 is 1. The number of hydrogen-bond donors (Lipinski definition) is 0. The van der Waals surface area contributed by atoms with Crippen LogP contribution in [0.5, 0.6) is 17.2 Å². The lowest BCUT2D eigenvalue weighted by atomic mass is 10.1. The van der Waals surface area contributed by atoms with Crippen LogP contribution in [0.1, 0.15) is 16.7 Å². The molecule has 0 unspecified atom stereocenters. The van der Waals surface area contributed by atoms with Gasteiger partial charge in [-0.05, 0) is 65.2 Å². The second-order valence-electron chi connectivity index (χ2n) is 6.85. The van der Waals surface area contributed by atoms with E-state index >= 15 is 0 Å². The van der Waals surface area contributed by atoms with Crippen molar-refractivity contribution in [1.82, 2.24) is 0 Å². The number of ether oxygens (including phenoxy) is 2. The van der Waals surface area contributed by atoms with Crippen molar-refractivity contribution in [2.45, 2.75) is 13.8 Å². The van der Waals surface area contributed by atoms with Gasteiger partial charge in [-0.15, -0.1) is 0 Å². The minimum atomic E-state index is -0.742. The molecule has 0 fully saturated rings. The summed E-state index contributed by atoms with van der Waals surface area (Å²) in [6.45, 7) is 3.99. The minimum Gasteiger partial charge on any atom is -0.493 e. The van der Waals surface area contributed by atoms with Crippen LogP contribution >= 0.6 is 15.9 Å². The molecule has 10 heteroatoms. The van der Waals surface area contributed by atoms with Crippen molar-refractivity contribution in [2.75, 3.05) is 7.11 Å². The molecule has 164 valence electrons. The number of hydrogen-bond acceptors (Lipinski definition) is 7. The summed E-state index contributed by atoms with van der Waals surface area (Å²) < 4.78 is 11.6. The highest BCUT2D eigenvalue weighted by molar-refractivity contribution is 9.10. The summed E-state index contributed by atoms with van der Waals surface area (Å²) in [5, 5.41) is 22.3. The first-order valence-electron chi connectivity index (χ1n) is 9.29. The van der Waals surface area contributed by atoms with Crippen molar-refractivity contribution in [1.29, 1.82) is 0 Å². The highest BCUT2D eigenvalue weighted by atomic mass is 79.9. The number of nitrogens with zero attached hydrogens (tertiary/aromatic N) is 3. The number of benzene rings is 3. The van der Waals surface area contributed by atoms with Crippen LogP contribution in [0.25, 0.3) is 0 Å². The highest BCUT2D eigenvalue weighted by Gasteiger charge is 2.23. The maximum absolute atomic E-state index is 11.4. The Labute approximate surface area is 191 Å². The first-order valence-corrected chi connectivity index (χ1v) is 10.1. The normalized spacial score (nSPS) is 10.9. The van der Waals surface area contributed by atoms with E-state index in [1.54, 1.807) is 18.3 Å². The van der Waals surface area contributed by atoms with Crippen molar-refractivity contribution in [3.8, 4) is 17.2 Å². The van der Waals surface area contributed by atoms with Crippen LogP contribution in [0.15, 0.2) is 58.0 Å². The zero-order chi connectivity index (χ0) is 23.4. The largest absolute Gasteiger partial charge is 0.493 e. The summed E-state index contributed by atoms with van der Waals surface area (Å²) in [7, 11) is 1.43. The van der Waals surface area contributed by atoms with E-state index in [1.807, 2.05) is 32.0 Å². The first kappa shape index (κ1) is 22.9. The molecule has 0 N–H and O–H groups in total. The lowest BCUT2D eigenvalue weighted by molar-refractivity contribution is -0.394. The Morgan fingerprint density at radius 2 is 1.72 bits per heavy atom. The molecule has 0 radical (unpaired) electrons. The number of aliphatic imine (C=N–C) groups is 1. The van der Waals surface area contributed by atoms with E-state index in [2.05, 4.69) is 20.9 Å². The van der Waals surface area contributed by atoms with Gasteiger partial charge in [0.05, 0.1) is 33.2 Å². The Morgan fingerprint density at radius 1 is 0.969 bits per heavy atom. The Hall–Kier alpha value is -3.79. The van der Waals surface area contributed by atoms with E-state index in [9.17, 15) is 20.2 Å². The molecule has 0 aliphatic rings. The predicted octanol–water partition coefficient (Wildman–Crippen LogP) is 6.43. The van der Waals surface area contributed by atoms with Crippen LogP contribution in [-0.4, -0.2) is 23.2 Å². The van der Waals surface area contributed by atoms with Gasteiger partial charge in [-0.25, -0.2) is 0 Å². The Morgan fingerprint density at radius 3 is 2.34 bits per heavy atom. The van der Waals surface area contributed by atoms with Crippen LogP contribution in [0.4, 0.5) is 17.1 Å². The molecule has 0 saturated carbocycles. The monoisotopic (exact) mass is 499 g/mol. The number of non-ortho nitro benzene ring substituents is 1. The molecule has 9 nitrogen and oxygen atoms in total. The van der Waals surface area contributed by atoms with Gasteiger partial charge in [-0.3, -0.25) is 25.2 Å². The molecule has 0 bridgehead atoms. The first-order chi connectivity index (χ1) is 15.2. The molecule has 32 heavy (non-hydrogen) atoms. The molecule has 0 atom stereocenters. The number of nitro benzene ring substituents is 2. The quantitative estimate of drug-likeness (QED) is 0.210. The van der Waals surface area contributed by atoms with Gasteiger partial charge >= 0.3 is 5.69 Å². The molecule has 0 spiro atoms. The molecular weight excluding hydrogens is 482 g/mol. The predicted molar refractivity (Wildman–Crippen MR) is 124 cm³/mol. The number of nitro groups is 2. The smallest absolute Gasteiger partial charge is 0.318 e. The standard InChI is InChI=1S/C22H18BrN3O6/c1-13-4-6-18(14(2)8-13)24-12-15-9-17(23)22(21(10-15)31-3)32-20-7-5-16(25(27)28)11-19(20)26(29)30/h4-12H,1-3H3. The molecule has 3 aromatic carbocycles. The Kier molecular flexibility index (Phi) is 6.84. The second-order valence-corrected chi connectivity index (χ2v) is 7.70. The molecule has 0 aliphatic carbocycles. The van der Waals surface area contributed by atoms with E-state index in [4.69, 9.17) is 9.47 Å². The number of halogens is 1. The van der Waals surface area contributed by atoms with E-state index < -0.39 is 21.2 Å². The molecule has 3 aromatic rings. The van der Waals surface area contributed by atoms with E-state index in [-0.39, 0.29) is 11.5 Å².